The summed E-state index contributed by atoms with van der Waals surface area (Å²) < 4.78 is 19.1. The van der Waals surface area contributed by atoms with Gasteiger partial charge in [-0.1, -0.05) is 31.9 Å². The highest BCUT2D eigenvalue weighted by Crippen LogP contribution is 2.32. The SMILES string of the molecule is CCC(CNC(=O)CC1(O)CCCC1)Oc1ccccc1F. The van der Waals surface area contributed by atoms with Gasteiger partial charge in [-0.25, -0.2) is 4.39 Å². The number of benzene rings is 1. The second kappa shape index (κ2) is 7.58. The van der Waals surface area contributed by atoms with Crippen molar-refractivity contribution in [1.82, 2.24) is 5.32 Å². The van der Waals surface area contributed by atoms with E-state index in [0.717, 1.165) is 12.8 Å². The van der Waals surface area contributed by atoms with Crippen LogP contribution in [-0.4, -0.2) is 29.3 Å². The largest absolute Gasteiger partial charge is 0.486 e. The maximum atomic E-state index is 13.6. The molecule has 1 aromatic rings. The highest BCUT2D eigenvalue weighted by molar-refractivity contribution is 5.77. The molecule has 0 aromatic heterocycles. The molecular formula is C17H24FNO3. The molecule has 1 atom stereocenters. The molecule has 1 saturated carbocycles. The van der Waals surface area contributed by atoms with E-state index in [4.69, 9.17) is 4.74 Å². The number of carbonyl (C=O) groups is 1. The summed E-state index contributed by atoms with van der Waals surface area (Å²) in [6, 6.07) is 6.23. The highest BCUT2D eigenvalue weighted by atomic mass is 19.1. The second-order valence-corrected chi connectivity index (χ2v) is 5.99. The molecule has 0 bridgehead atoms. The Morgan fingerprint density at radius 3 is 2.73 bits per heavy atom. The number of rotatable bonds is 7. The Balaban J connectivity index is 1.80. The molecule has 1 fully saturated rings. The van der Waals surface area contributed by atoms with Crippen molar-refractivity contribution in [2.45, 2.75) is 57.2 Å². The predicted octanol–water partition coefficient (Wildman–Crippen LogP) is 2.79. The lowest BCUT2D eigenvalue weighted by molar-refractivity contribution is -0.126. The van der Waals surface area contributed by atoms with Gasteiger partial charge >= 0.3 is 0 Å². The fraction of sp³-hybridized carbons (Fsp3) is 0.588. The van der Waals surface area contributed by atoms with Crippen molar-refractivity contribution in [3.05, 3.63) is 30.1 Å². The first kappa shape index (κ1) is 16.7. The molecule has 1 aliphatic carbocycles. The van der Waals surface area contributed by atoms with Crippen LogP contribution in [-0.2, 0) is 4.79 Å². The monoisotopic (exact) mass is 309 g/mol. The van der Waals surface area contributed by atoms with Crippen LogP contribution in [0.5, 0.6) is 5.75 Å². The summed E-state index contributed by atoms with van der Waals surface area (Å²) in [5.74, 6) is -0.398. The Bertz CT molecular complexity index is 500. The van der Waals surface area contributed by atoms with E-state index < -0.39 is 11.4 Å². The van der Waals surface area contributed by atoms with E-state index in [-0.39, 0.29) is 24.2 Å². The van der Waals surface area contributed by atoms with Crippen LogP contribution in [0.3, 0.4) is 0 Å². The Morgan fingerprint density at radius 1 is 1.41 bits per heavy atom. The molecule has 0 saturated heterocycles. The van der Waals surface area contributed by atoms with Gasteiger partial charge in [-0.15, -0.1) is 0 Å². The van der Waals surface area contributed by atoms with Gasteiger partial charge in [0.25, 0.3) is 0 Å². The molecule has 1 amide bonds. The third-order valence-electron chi connectivity index (χ3n) is 4.14. The summed E-state index contributed by atoms with van der Waals surface area (Å²) in [7, 11) is 0. The van der Waals surface area contributed by atoms with E-state index in [9.17, 15) is 14.3 Å². The van der Waals surface area contributed by atoms with Crippen LogP contribution in [0.15, 0.2) is 24.3 Å². The van der Waals surface area contributed by atoms with Crippen molar-refractivity contribution in [3.8, 4) is 5.75 Å². The summed E-state index contributed by atoms with van der Waals surface area (Å²) in [4.78, 5) is 11.9. The van der Waals surface area contributed by atoms with Gasteiger partial charge in [0.15, 0.2) is 11.6 Å². The minimum atomic E-state index is -0.849. The molecular weight excluding hydrogens is 285 g/mol. The van der Waals surface area contributed by atoms with Crippen molar-refractivity contribution in [3.63, 3.8) is 0 Å². The number of hydrogen-bond acceptors (Lipinski definition) is 3. The third kappa shape index (κ3) is 4.70. The van der Waals surface area contributed by atoms with E-state index in [1.807, 2.05) is 6.92 Å². The van der Waals surface area contributed by atoms with Crippen LogP contribution in [0.25, 0.3) is 0 Å². The van der Waals surface area contributed by atoms with E-state index in [1.165, 1.54) is 6.07 Å². The van der Waals surface area contributed by atoms with Crippen LogP contribution in [0, 0.1) is 5.82 Å². The first-order chi connectivity index (χ1) is 10.5. The highest BCUT2D eigenvalue weighted by Gasteiger charge is 2.33. The van der Waals surface area contributed by atoms with Gasteiger partial charge in [0.1, 0.15) is 6.10 Å². The normalized spacial score (nSPS) is 18.0. The van der Waals surface area contributed by atoms with Crippen molar-refractivity contribution in [2.24, 2.45) is 0 Å². The number of hydrogen-bond donors (Lipinski definition) is 2. The summed E-state index contributed by atoms with van der Waals surface area (Å²) in [6.07, 6.45) is 3.80. The van der Waals surface area contributed by atoms with Gasteiger partial charge in [0.05, 0.1) is 18.6 Å². The molecule has 2 rings (SSSR count). The molecule has 0 aliphatic heterocycles. The van der Waals surface area contributed by atoms with Crippen LogP contribution < -0.4 is 10.1 Å². The molecule has 4 nitrogen and oxygen atoms in total. The Kier molecular flexibility index (Phi) is 5.77. The van der Waals surface area contributed by atoms with Crippen LogP contribution in [0.4, 0.5) is 4.39 Å². The van der Waals surface area contributed by atoms with Crippen molar-refractivity contribution in [1.29, 1.82) is 0 Å². The van der Waals surface area contributed by atoms with Gasteiger partial charge < -0.3 is 15.2 Å². The smallest absolute Gasteiger partial charge is 0.223 e. The van der Waals surface area contributed by atoms with E-state index in [0.29, 0.717) is 25.8 Å². The molecule has 1 unspecified atom stereocenters. The average molecular weight is 309 g/mol. The van der Waals surface area contributed by atoms with E-state index >= 15 is 0 Å². The summed E-state index contributed by atoms with van der Waals surface area (Å²) >= 11 is 0. The lowest BCUT2D eigenvalue weighted by Crippen LogP contribution is -2.39. The number of ether oxygens (including phenoxy) is 1. The van der Waals surface area contributed by atoms with Gasteiger partial charge in [-0.2, -0.15) is 0 Å². The van der Waals surface area contributed by atoms with Crippen LogP contribution in [0.1, 0.15) is 45.4 Å². The molecule has 1 aromatic carbocycles. The molecule has 0 heterocycles. The Hall–Kier alpha value is -1.62. The second-order valence-electron chi connectivity index (χ2n) is 5.99. The first-order valence-corrected chi connectivity index (χ1v) is 7.93. The fourth-order valence-electron chi connectivity index (χ4n) is 2.79. The topological polar surface area (TPSA) is 58.6 Å². The molecule has 2 N–H and O–H groups in total. The van der Waals surface area contributed by atoms with Gasteiger partial charge in [0, 0.05) is 0 Å². The quantitative estimate of drug-likeness (QED) is 0.814. The van der Waals surface area contributed by atoms with Crippen molar-refractivity contribution < 1.29 is 19.0 Å². The van der Waals surface area contributed by atoms with E-state index in [1.54, 1.807) is 18.2 Å². The number of aliphatic hydroxyl groups is 1. The van der Waals surface area contributed by atoms with Gasteiger partial charge in [-0.05, 0) is 31.4 Å². The molecule has 22 heavy (non-hydrogen) atoms. The zero-order chi connectivity index (χ0) is 16.0. The maximum absolute atomic E-state index is 13.6. The molecule has 1 aliphatic rings. The summed E-state index contributed by atoms with van der Waals surface area (Å²) in [5.41, 5.74) is -0.849. The standard InChI is InChI=1S/C17H24FNO3/c1-2-13(22-15-8-4-3-7-14(15)18)12-19-16(20)11-17(21)9-5-6-10-17/h3-4,7-8,13,21H,2,5-6,9-12H2,1H3,(H,19,20). The molecule has 0 radical (unpaired) electrons. The maximum Gasteiger partial charge on any atom is 0.223 e. The third-order valence-corrected chi connectivity index (χ3v) is 4.14. The summed E-state index contributed by atoms with van der Waals surface area (Å²) in [6.45, 7) is 2.22. The van der Waals surface area contributed by atoms with Gasteiger partial charge in [0.2, 0.25) is 5.91 Å². The zero-order valence-corrected chi connectivity index (χ0v) is 13.0. The van der Waals surface area contributed by atoms with Crippen LogP contribution >= 0.6 is 0 Å². The van der Waals surface area contributed by atoms with Crippen molar-refractivity contribution in [2.75, 3.05) is 6.54 Å². The lowest BCUT2D eigenvalue weighted by atomic mass is 9.97. The van der Waals surface area contributed by atoms with Gasteiger partial charge in [-0.3, -0.25) is 4.79 Å². The molecule has 5 heteroatoms. The minimum Gasteiger partial charge on any atom is -0.486 e. The Labute approximate surface area is 130 Å². The average Bonchev–Trinajstić information content (AvgIpc) is 2.91. The number of halogens is 1. The molecule has 0 spiro atoms. The number of amides is 1. The van der Waals surface area contributed by atoms with E-state index in [2.05, 4.69) is 5.32 Å². The number of carbonyl (C=O) groups excluding carboxylic acids is 1. The molecule has 122 valence electrons. The zero-order valence-electron chi connectivity index (χ0n) is 13.0. The first-order valence-electron chi connectivity index (χ1n) is 7.93. The summed E-state index contributed by atoms with van der Waals surface area (Å²) in [5, 5.41) is 13.0. The fourth-order valence-corrected chi connectivity index (χ4v) is 2.79. The predicted molar refractivity (Wildman–Crippen MR) is 82.2 cm³/mol. The van der Waals surface area contributed by atoms with Crippen LogP contribution in [0.2, 0.25) is 0 Å². The number of nitrogens with one attached hydrogen (secondary N) is 1. The Morgan fingerprint density at radius 2 is 2.09 bits per heavy atom. The van der Waals surface area contributed by atoms with Crippen molar-refractivity contribution >= 4 is 5.91 Å². The lowest BCUT2D eigenvalue weighted by Gasteiger charge is -2.23. The number of para-hydroxylation sites is 1. The minimum absolute atomic E-state index is 0.128.